The van der Waals surface area contributed by atoms with E-state index in [-0.39, 0.29) is 23.9 Å². The number of nitrogens with zero attached hydrogens (tertiary/aromatic N) is 2. The fraction of sp³-hybridized carbons (Fsp3) is 0.346. The number of barbiturate groups is 1. The van der Waals surface area contributed by atoms with Crippen molar-refractivity contribution >= 4 is 45.5 Å². The first-order valence-corrected chi connectivity index (χ1v) is 12.8. The van der Waals surface area contributed by atoms with Gasteiger partial charge in [0, 0.05) is 22.6 Å². The number of imide groups is 2. The molecule has 1 saturated carbocycles. The molecule has 10 nitrogen and oxygen atoms in total. The van der Waals surface area contributed by atoms with Gasteiger partial charge < -0.3 is 9.47 Å². The molecule has 1 N–H and O–H groups in total. The molecule has 2 aromatic carbocycles. The first kappa shape index (κ1) is 26.3. The van der Waals surface area contributed by atoms with Crippen molar-refractivity contribution in [3.8, 4) is 11.5 Å². The van der Waals surface area contributed by atoms with Crippen molar-refractivity contribution in [3.05, 3.63) is 67.7 Å². The highest BCUT2D eigenvalue weighted by molar-refractivity contribution is 9.10. The van der Waals surface area contributed by atoms with Gasteiger partial charge in [0.15, 0.2) is 11.5 Å². The number of halogens is 1. The molecule has 1 saturated heterocycles. The van der Waals surface area contributed by atoms with Gasteiger partial charge in [0.1, 0.15) is 12.2 Å². The van der Waals surface area contributed by atoms with Crippen LogP contribution in [0, 0.1) is 10.1 Å². The number of non-ortho nitro benzene ring substituents is 1. The van der Waals surface area contributed by atoms with E-state index in [1.54, 1.807) is 31.2 Å². The van der Waals surface area contributed by atoms with Crippen LogP contribution in [0.25, 0.3) is 6.08 Å². The average Bonchev–Trinajstić information content (AvgIpc) is 2.88. The van der Waals surface area contributed by atoms with Gasteiger partial charge in [-0.05, 0) is 49.1 Å². The predicted molar refractivity (Wildman–Crippen MR) is 138 cm³/mol. The molecule has 37 heavy (non-hydrogen) atoms. The lowest BCUT2D eigenvalue weighted by Crippen LogP contribution is -2.58. The summed E-state index contributed by atoms with van der Waals surface area (Å²) in [6.07, 6.45) is 5.78. The molecule has 0 radical (unpaired) electrons. The minimum atomic E-state index is -0.752. The van der Waals surface area contributed by atoms with Gasteiger partial charge in [0.25, 0.3) is 17.5 Å². The smallest absolute Gasteiger partial charge is 0.331 e. The molecule has 0 bridgehead atoms. The quantitative estimate of drug-likeness (QED) is 0.201. The third-order valence-electron chi connectivity index (χ3n) is 6.25. The Morgan fingerprint density at radius 1 is 1.11 bits per heavy atom. The number of nitro benzene ring substituents is 1. The Kier molecular flexibility index (Phi) is 8.22. The monoisotopic (exact) mass is 571 g/mol. The van der Waals surface area contributed by atoms with Gasteiger partial charge in [0.2, 0.25) is 0 Å². The molecule has 0 aromatic heterocycles. The number of hydrogen-bond acceptors (Lipinski definition) is 7. The first-order chi connectivity index (χ1) is 17.8. The number of ether oxygens (including phenoxy) is 2. The van der Waals surface area contributed by atoms with Gasteiger partial charge in [-0.1, -0.05) is 47.3 Å². The number of carbonyl (C=O) groups is 3. The zero-order valence-corrected chi connectivity index (χ0v) is 21.8. The Labute approximate surface area is 221 Å². The third-order valence-corrected chi connectivity index (χ3v) is 6.94. The highest BCUT2D eigenvalue weighted by atomic mass is 79.9. The van der Waals surface area contributed by atoms with Crippen LogP contribution in [-0.4, -0.2) is 40.3 Å². The summed E-state index contributed by atoms with van der Waals surface area (Å²) >= 11 is 3.47. The lowest BCUT2D eigenvalue weighted by Gasteiger charge is -2.35. The molecular weight excluding hydrogens is 546 g/mol. The summed E-state index contributed by atoms with van der Waals surface area (Å²) in [7, 11) is 0. The van der Waals surface area contributed by atoms with Crippen molar-refractivity contribution in [2.45, 2.75) is 51.7 Å². The zero-order valence-electron chi connectivity index (χ0n) is 20.2. The molecular formula is C26H26BrN3O7. The van der Waals surface area contributed by atoms with Crippen LogP contribution < -0.4 is 14.8 Å². The van der Waals surface area contributed by atoms with Crippen LogP contribution in [0.5, 0.6) is 11.5 Å². The van der Waals surface area contributed by atoms with Crippen molar-refractivity contribution in [2.24, 2.45) is 0 Å². The largest absolute Gasteiger partial charge is 0.490 e. The van der Waals surface area contributed by atoms with Gasteiger partial charge in [-0.2, -0.15) is 0 Å². The van der Waals surface area contributed by atoms with Crippen LogP contribution in [0.2, 0.25) is 0 Å². The van der Waals surface area contributed by atoms with Crippen molar-refractivity contribution in [1.29, 1.82) is 0 Å². The van der Waals surface area contributed by atoms with Crippen molar-refractivity contribution < 1.29 is 28.8 Å². The molecule has 2 aliphatic rings. The Bertz CT molecular complexity index is 1270. The average molecular weight is 572 g/mol. The number of nitrogens with one attached hydrogen (secondary N) is 1. The molecule has 0 atom stereocenters. The van der Waals surface area contributed by atoms with E-state index in [0.29, 0.717) is 33.7 Å². The summed E-state index contributed by atoms with van der Waals surface area (Å²) in [6.45, 7) is 2.19. The third kappa shape index (κ3) is 5.99. The summed E-state index contributed by atoms with van der Waals surface area (Å²) < 4.78 is 12.1. The van der Waals surface area contributed by atoms with E-state index in [2.05, 4.69) is 21.2 Å². The first-order valence-electron chi connectivity index (χ1n) is 12.0. The van der Waals surface area contributed by atoms with Crippen LogP contribution in [0.15, 0.2) is 46.4 Å². The van der Waals surface area contributed by atoms with E-state index in [1.165, 1.54) is 23.1 Å². The minimum Gasteiger partial charge on any atom is -0.490 e. The number of benzene rings is 2. The molecule has 0 spiro atoms. The number of amides is 4. The molecule has 4 rings (SSSR count). The standard InChI is InChI=1S/C26H26BrN3O7/c1-2-36-22-13-17(21(27)14-23(22)37-15-16-7-6-10-19(11-16)30(34)35)12-20-24(31)28-26(33)29(25(20)32)18-8-4-3-5-9-18/h6-7,10-14,18H,2-5,8-9,15H2,1H3,(H,28,31,33). The van der Waals surface area contributed by atoms with E-state index in [9.17, 15) is 24.5 Å². The van der Waals surface area contributed by atoms with E-state index >= 15 is 0 Å². The summed E-state index contributed by atoms with van der Waals surface area (Å²) in [5, 5.41) is 13.3. The van der Waals surface area contributed by atoms with Gasteiger partial charge in [-0.3, -0.25) is 29.9 Å². The van der Waals surface area contributed by atoms with Gasteiger partial charge >= 0.3 is 6.03 Å². The summed E-state index contributed by atoms with van der Waals surface area (Å²) in [5.41, 5.74) is 0.919. The number of hydrogen-bond donors (Lipinski definition) is 1. The molecule has 11 heteroatoms. The van der Waals surface area contributed by atoms with Crippen molar-refractivity contribution in [1.82, 2.24) is 10.2 Å². The second kappa shape index (κ2) is 11.5. The second-order valence-corrected chi connectivity index (χ2v) is 9.61. The topological polar surface area (TPSA) is 128 Å². The van der Waals surface area contributed by atoms with E-state index in [4.69, 9.17) is 9.47 Å². The fourth-order valence-electron chi connectivity index (χ4n) is 4.46. The van der Waals surface area contributed by atoms with Crippen LogP contribution in [0.1, 0.15) is 50.2 Å². The van der Waals surface area contributed by atoms with E-state index in [1.807, 2.05) is 0 Å². The van der Waals surface area contributed by atoms with Gasteiger partial charge in [0.05, 0.1) is 11.5 Å². The highest BCUT2D eigenvalue weighted by Gasteiger charge is 2.40. The Balaban J connectivity index is 1.61. The second-order valence-electron chi connectivity index (χ2n) is 8.75. The van der Waals surface area contributed by atoms with Gasteiger partial charge in [-0.15, -0.1) is 0 Å². The molecule has 4 amide bonds. The Morgan fingerprint density at radius 2 is 1.84 bits per heavy atom. The van der Waals surface area contributed by atoms with Crippen LogP contribution in [0.3, 0.4) is 0 Å². The Morgan fingerprint density at radius 3 is 2.54 bits per heavy atom. The molecule has 1 heterocycles. The maximum atomic E-state index is 13.2. The summed E-state index contributed by atoms with van der Waals surface area (Å²) in [4.78, 5) is 50.0. The SMILES string of the molecule is CCOc1cc(C=C2C(=O)NC(=O)N(C3CCCCC3)C2=O)c(Br)cc1OCc1cccc([N+](=O)[O-])c1. The number of carbonyl (C=O) groups excluding carboxylic acids is 3. The van der Waals surface area contributed by atoms with Crippen LogP contribution in [-0.2, 0) is 16.2 Å². The van der Waals surface area contributed by atoms with Crippen molar-refractivity contribution in [2.75, 3.05) is 6.61 Å². The maximum absolute atomic E-state index is 13.2. The lowest BCUT2D eigenvalue weighted by molar-refractivity contribution is -0.384. The van der Waals surface area contributed by atoms with Gasteiger partial charge in [-0.25, -0.2) is 4.79 Å². The Hall–Kier alpha value is -3.73. The normalized spacial score (nSPS) is 17.6. The lowest BCUT2D eigenvalue weighted by atomic mass is 9.93. The predicted octanol–water partition coefficient (Wildman–Crippen LogP) is 5.13. The maximum Gasteiger partial charge on any atom is 0.331 e. The van der Waals surface area contributed by atoms with E-state index in [0.717, 1.165) is 32.1 Å². The zero-order chi connectivity index (χ0) is 26.5. The highest BCUT2D eigenvalue weighted by Crippen LogP contribution is 2.36. The minimum absolute atomic E-state index is 0.0366. The van der Waals surface area contributed by atoms with Crippen molar-refractivity contribution in [3.63, 3.8) is 0 Å². The molecule has 0 unspecified atom stereocenters. The number of nitro groups is 1. The summed E-state index contributed by atoms with van der Waals surface area (Å²) in [6, 6.07) is 8.49. The fourth-order valence-corrected chi connectivity index (χ4v) is 4.90. The number of urea groups is 1. The summed E-state index contributed by atoms with van der Waals surface area (Å²) in [5.74, 6) is -0.623. The molecule has 1 aliphatic heterocycles. The number of rotatable bonds is 8. The molecule has 1 aliphatic carbocycles. The van der Waals surface area contributed by atoms with E-state index < -0.39 is 22.8 Å². The molecule has 2 aromatic rings. The van der Waals surface area contributed by atoms with Crippen LogP contribution in [0.4, 0.5) is 10.5 Å². The molecule has 2 fully saturated rings. The van der Waals surface area contributed by atoms with Crippen LogP contribution >= 0.6 is 15.9 Å². The molecule has 194 valence electrons.